The normalized spacial score (nSPS) is 10.3. The second-order valence-electron chi connectivity index (χ2n) is 4.71. The van der Waals surface area contributed by atoms with Gasteiger partial charge in [-0.15, -0.1) is 0 Å². The Morgan fingerprint density at radius 1 is 1.10 bits per heavy atom. The molecule has 1 N–H and O–H groups in total. The van der Waals surface area contributed by atoms with E-state index in [1.54, 1.807) is 18.6 Å². The van der Waals surface area contributed by atoms with Gasteiger partial charge >= 0.3 is 0 Å². The molecule has 2 radical (unpaired) electrons. The first kappa shape index (κ1) is 13.3. The Morgan fingerprint density at radius 2 is 2.00 bits per heavy atom. The molecule has 0 aliphatic carbocycles. The summed E-state index contributed by atoms with van der Waals surface area (Å²) in [6, 6.07) is 11.4. The first-order valence-corrected chi connectivity index (χ1v) is 6.59. The van der Waals surface area contributed by atoms with E-state index in [2.05, 4.69) is 20.3 Å². The molecule has 0 bridgehead atoms. The van der Waals surface area contributed by atoms with Crippen LogP contribution in [0.1, 0.15) is 5.56 Å². The van der Waals surface area contributed by atoms with E-state index < -0.39 is 0 Å². The van der Waals surface area contributed by atoms with Crippen LogP contribution in [0.2, 0.25) is 0 Å². The summed E-state index contributed by atoms with van der Waals surface area (Å²) in [5.74, 6) is 0.532. The minimum Gasteiger partial charge on any atom is -0.324 e. The molecule has 0 atom stereocenters. The molecule has 5 heteroatoms. The largest absolute Gasteiger partial charge is 0.324 e. The molecule has 3 aromatic rings. The summed E-state index contributed by atoms with van der Waals surface area (Å²) in [6.45, 7) is 2.01. The molecule has 0 aliphatic rings. The van der Waals surface area contributed by atoms with Crippen LogP contribution in [-0.2, 0) is 0 Å². The van der Waals surface area contributed by atoms with Crippen LogP contribution in [0.25, 0.3) is 11.3 Å². The lowest BCUT2D eigenvalue weighted by Crippen LogP contribution is -2.06. The van der Waals surface area contributed by atoms with Crippen LogP contribution in [0.5, 0.6) is 0 Å². The predicted octanol–water partition coefficient (Wildman–Crippen LogP) is 2.38. The Hall–Kier alpha value is -2.69. The summed E-state index contributed by atoms with van der Waals surface area (Å²) in [5.41, 5.74) is 4.46. The summed E-state index contributed by atoms with van der Waals surface area (Å²) in [4.78, 5) is 12.9. The number of hydrogen-bond donors (Lipinski definition) is 1. The van der Waals surface area contributed by atoms with E-state index in [-0.39, 0.29) is 0 Å². The molecule has 0 unspecified atom stereocenters. The van der Waals surface area contributed by atoms with Gasteiger partial charge in [0.2, 0.25) is 5.95 Å². The van der Waals surface area contributed by atoms with E-state index in [0.717, 1.165) is 22.5 Å². The summed E-state index contributed by atoms with van der Waals surface area (Å²) in [7, 11) is 5.81. The highest BCUT2D eigenvalue weighted by molar-refractivity contribution is 6.32. The second kappa shape index (κ2) is 5.75. The summed E-state index contributed by atoms with van der Waals surface area (Å²) in [6.07, 6.45) is 5.23. The maximum Gasteiger partial charge on any atom is 0.227 e. The minimum atomic E-state index is 0.532. The molecule has 0 fully saturated rings. The Morgan fingerprint density at radius 3 is 2.81 bits per heavy atom. The van der Waals surface area contributed by atoms with E-state index in [9.17, 15) is 0 Å². The van der Waals surface area contributed by atoms with Crippen LogP contribution < -0.4 is 10.8 Å². The Labute approximate surface area is 124 Å². The van der Waals surface area contributed by atoms with Crippen LogP contribution in [0, 0.1) is 6.92 Å². The minimum absolute atomic E-state index is 0.532. The number of pyridine rings is 1. The van der Waals surface area contributed by atoms with Crippen LogP contribution in [-0.4, -0.2) is 22.8 Å². The zero-order valence-electron chi connectivity index (χ0n) is 11.6. The second-order valence-corrected chi connectivity index (χ2v) is 4.71. The van der Waals surface area contributed by atoms with Gasteiger partial charge in [0, 0.05) is 29.8 Å². The Kier molecular flexibility index (Phi) is 3.64. The fraction of sp³-hybridized carbons (Fsp3) is 0.0625. The lowest BCUT2D eigenvalue weighted by atomic mass is 9.94. The smallest absolute Gasteiger partial charge is 0.227 e. The third kappa shape index (κ3) is 3.08. The van der Waals surface area contributed by atoms with E-state index in [0.29, 0.717) is 11.4 Å². The average Bonchev–Trinajstić information content (AvgIpc) is 2.52. The molecule has 0 aliphatic heterocycles. The lowest BCUT2D eigenvalue weighted by molar-refractivity contribution is 1.16. The third-order valence-corrected chi connectivity index (χ3v) is 3.12. The number of nitrogens with one attached hydrogen (secondary N) is 1. The van der Waals surface area contributed by atoms with E-state index >= 15 is 0 Å². The maximum atomic E-state index is 5.81. The Bertz CT molecular complexity index is 759. The number of rotatable bonds is 3. The van der Waals surface area contributed by atoms with E-state index in [1.165, 1.54) is 0 Å². The van der Waals surface area contributed by atoms with Gasteiger partial charge in [-0.25, -0.2) is 9.97 Å². The van der Waals surface area contributed by atoms with Gasteiger partial charge in [-0.1, -0.05) is 17.6 Å². The lowest BCUT2D eigenvalue weighted by Gasteiger charge is -2.10. The molecule has 2 heterocycles. The zero-order valence-corrected chi connectivity index (χ0v) is 11.6. The number of hydrogen-bond acceptors (Lipinski definition) is 4. The van der Waals surface area contributed by atoms with Gasteiger partial charge in [0.15, 0.2) is 0 Å². The van der Waals surface area contributed by atoms with Crippen molar-refractivity contribution in [3.8, 4) is 11.3 Å². The molecule has 21 heavy (non-hydrogen) atoms. The predicted molar refractivity (Wildman–Crippen MR) is 85.1 cm³/mol. The quantitative estimate of drug-likeness (QED) is 0.744. The van der Waals surface area contributed by atoms with E-state index in [4.69, 9.17) is 7.85 Å². The topological polar surface area (TPSA) is 50.7 Å². The van der Waals surface area contributed by atoms with Crippen molar-refractivity contribution in [2.75, 3.05) is 5.32 Å². The van der Waals surface area contributed by atoms with Crippen molar-refractivity contribution in [2.24, 2.45) is 0 Å². The van der Waals surface area contributed by atoms with Gasteiger partial charge < -0.3 is 5.32 Å². The monoisotopic (exact) mass is 272 g/mol. The fourth-order valence-corrected chi connectivity index (χ4v) is 1.99. The zero-order chi connectivity index (χ0) is 14.7. The highest BCUT2D eigenvalue weighted by Gasteiger charge is 2.04. The van der Waals surface area contributed by atoms with Gasteiger partial charge in [-0.05, 0) is 36.8 Å². The molecule has 0 amide bonds. The van der Waals surface area contributed by atoms with Crippen molar-refractivity contribution >= 4 is 24.9 Å². The molecular weight excluding hydrogens is 259 g/mol. The highest BCUT2D eigenvalue weighted by Crippen LogP contribution is 2.19. The summed E-state index contributed by atoms with van der Waals surface area (Å²) >= 11 is 0. The molecule has 0 saturated carbocycles. The number of nitrogens with zero attached hydrogens (tertiary/aromatic N) is 3. The van der Waals surface area contributed by atoms with Gasteiger partial charge in [-0.2, -0.15) is 0 Å². The molecule has 4 nitrogen and oxygen atoms in total. The van der Waals surface area contributed by atoms with Crippen molar-refractivity contribution in [3.05, 3.63) is 60.6 Å². The molecule has 0 saturated heterocycles. The van der Waals surface area contributed by atoms with Crippen molar-refractivity contribution in [2.45, 2.75) is 6.92 Å². The number of benzene rings is 1. The summed E-state index contributed by atoms with van der Waals surface area (Å²) in [5, 5.41) is 3.20. The Balaban J connectivity index is 1.92. The first-order chi connectivity index (χ1) is 10.2. The van der Waals surface area contributed by atoms with Crippen LogP contribution in [0.4, 0.5) is 11.6 Å². The van der Waals surface area contributed by atoms with Gasteiger partial charge in [0.05, 0.1) is 5.69 Å². The fourth-order valence-electron chi connectivity index (χ4n) is 1.99. The molecule has 2 aromatic heterocycles. The number of aryl methyl sites for hydroxylation is 1. The SMILES string of the molecule is [B]c1ccc(C)c(Nc2nccc(-c3cccnc3)n2)c1. The van der Waals surface area contributed by atoms with Crippen molar-refractivity contribution < 1.29 is 0 Å². The molecular formula is C16H13BN4. The van der Waals surface area contributed by atoms with Gasteiger partial charge in [0.1, 0.15) is 7.85 Å². The average molecular weight is 272 g/mol. The van der Waals surface area contributed by atoms with Crippen LogP contribution in [0.3, 0.4) is 0 Å². The standard InChI is InChI=1S/C16H13BN4/c1-11-4-5-13(17)9-15(11)21-16-19-8-6-14(20-16)12-3-2-7-18-10-12/h2-10H,1H3,(H,19,20,21). The van der Waals surface area contributed by atoms with Crippen molar-refractivity contribution in [3.63, 3.8) is 0 Å². The molecule has 0 spiro atoms. The molecule has 1 aromatic carbocycles. The van der Waals surface area contributed by atoms with E-state index in [1.807, 2.05) is 43.3 Å². The van der Waals surface area contributed by atoms with Crippen LogP contribution in [0.15, 0.2) is 55.0 Å². The molecule has 3 rings (SSSR count). The highest BCUT2D eigenvalue weighted by atomic mass is 15.1. The number of anilines is 2. The van der Waals surface area contributed by atoms with Gasteiger partial charge in [-0.3, -0.25) is 4.98 Å². The third-order valence-electron chi connectivity index (χ3n) is 3.12. The van der Waals surface area contributed by atoms with Crippen molar-refractivity contribution in [1.82, 2.24) is 15.0 Å². The van der Waals surface area contributed by atoms with Crippen molar-refractivity contribution in [1.29, 1.82) is 0 Å². The number of aromatic nitrogens is 3. The first-order valence-electron chi connectivity index (χ1n) is 6.59. The van der Waals surface area contributed by atoms with Crippen LogP contribution >= 0.6 is 0 Å². The summed E-state index contributed by atoms with van der Waals surface area (Å²) < 4.78 is 0. The van der Waals surface area contributed by atoms with Gasteiger partial charge in [0.25, 0.3) is 0 Å². The maximum absolute atomic E-state index is 5.81. The molecule has 100 valence electrons.